The number of carbonyl (C=O) groups is 1. The van der Waals surface area contributed by atoms with Gasteiger partial charge in [-0.2, -0.15) is 4.98 Å². The van der Waals surface area contributed by atoms with E-state index in [2.05, 4.69) is 20.6 Å². The SMILES string of the molecule is CCOC(=O)c1ccccc1Nc1nc(C)cc(NCc2ccccc2Cl)n1. The van der Waals surface area contributed by atoms with Crippen LogP contribution in [0.3, 0.4) is 0 Å². The molecule has 1 heterocycles. The van der Waals surface area contributed by atoms with Gasteiger partial charge in [-0.05, 0) is 37.6 Å². The highest BCUT2D eigenvalue weighted by Crippen LogP contribution is 2.22. The van der Waals surface area contributed by atoms with E-state index in [1.165, 1.54) is 0 Å². The minimum absolute atomic E-state index is 0.310. The number of benzene rings is 2. The third-order valence-corrected chi connectivity index (χ3v) is 4.31. The monoisotopic (exact) mass is 396 g/mol. The topological polar surface area (TPSA) is 76.1 Å². The Morgan fingerprint density at radius 1 is 1.11 bits per heavy atom. The molecule has 0 aliphatic heterocycles. The highest BCUT2D eigenvalue weighted by Gasteiger charge is 2.13. The van der Waals surface area contributed by atoms with Gasteiger partial charge in [0, 0.05) is 23.3 Å². The zero-order valence-electron chi connectivity index (χ0n) is 15.7. The zero-order chi connectivity index (χ0) is 19.9. The number of nitrogens with zero attached hydrogens (tertiary/aromatic N) is 2. The lowest BCUT2D eigenvalue weighted by atomic mass is 10.2. The van der Waals surface area contributed by atoms with Gasteiger partial charge in [0.25, 0.3) is 0 Å². The van der Waals surface area contributed by atoms with Gasteiger partial charge in [-0.25, -0.2) is 9.78 Å². The smallest absolute Gasteiger partial charge is 0.340 e. The summed E-state index contributed by atoms with van der Waals surface area (Å²) in [5, 5.41) is 7.07. The van der Waals surface area contributed by atoms with E-state index in [1.807, 2.05) is 43.3 Å². The molecule has 0 bridgehead atoms. The van der Waals surface area contributed by atoms with Gasteiger partial charge in [-0.15, -0.1) is 0 Å². The Bertz CT molecular complexity index is 978. The minimum atomic E-state index is -0.393. The second-order valence-corrected chi connectivity index (χ2v) is 6.46. The van der Waals surface area contributed by atoms with Gasteiger partial charge in [-0.1, -0.05) is 41.9 Å². The molecule has 0 spiro atoms. The van der Waals surface area contributed by atoms with Crippen molar-refractivity contribution in [3.8, 4) is 0 Å². The molecule has 6 nitrogen and oxygen atoms in total. The van der Waals surface area contributed by atoms with Gasteiger partial charge < -0.3 is 15.4 Å². The molecule has 0 aliphatic rings. The van der Waals surface area contributed by atoms with Crippen molar-refractivity contribution in [3.63, 3.8) is 0 Å². The van der Waals surface area contributed by atoms with Gasteiger partial charge in [0.05, 0.1) is 17.9 Å². The summed E-state index contributed by atoms with van der Waals surface area (Å²) in [4.78, 5) is 21.1. The Balaban J connectivity index is 1.79. The van der Waals surface area contributed by atoms with Gasteiger partial charge >= 0.3 is 5.97 Å². The molecule has 0 radical (unpaired) electrons. The predicted octanol–water partition coefficient (Wildman–Crippen LogP) is 4.97. The molecule has 0 fully saturated rings. The average molecular weight is 397 g/mol. The summed E-state index contributed by atoms with van der Waals surface area (Å²) < 4.78 is 5.11. The molecule has 2 aromatic carbocycles. The van der Waals surface area contributed by atoms with Crippen molar-refractivity contribution in [2.45, 2.75) is 20.4 Å². The summed E-state index contributed by atoms with van der Waals surface area (Å²) in [5.74, 6) is 0.650. The second kappa shape index (κ2) is 9.19. The third-order valence-electron chi connectivity index (χ3n) is 3.94. The highest BCUT2D eigenvalue weighted by atomic mass is 35.5. The van der Waals surface area contributed by atoms with Crippen LogP contribution < -0.4 is 10.6 Å². The predicted molar refractivity (Wildman–Crippen MR) is 111 cm³/mol. The van der Waals surface area contributed by atoms with Crippen molar-refractivity contribution in [1.82, 2.24) is 9.97 Å². The molecule has 0 atom stereocenters. The molecule has 1 aromatic heterocycles. The summed E-state index contributed by atoms with van der Waals surface area (Å²) in [6, 6.07) is 16.6. The van der Waals surface area contributed by atoms with Crippen LogP contribution in [0.15, 0.2) is 54.6 Å². The number of para-hydroxylation sites is 1. The van der Waals surface area contributed by atoms with Crippen molar-refractivity contribution in [3.05, 3.63) is 76.4 Å². The van der Waals surface area contributed by atoms with E-state index >= 15 is 0 Å². The zero-order valence-corrected chi connectivity index (χ0v) is 16.5. The molecule has 144 valence electrons. The number of rotatable bonds is 7. The van der Waals surface area contributed by atoms with Crippen molar-refractivity contribution in [2.24, 2.45) is 0 Å². The van der Waals surface area contributed by atoms with Crippen LogP contribution in [-0.4, -0.2) is 22.5 Å². The van der Waals surface area contributed by atoms with E-state index in [-0.39, 0.29) is 0 Å². The fourth-order valence-electron chi connectivity index (χ4n) is 2.64. The van der Waals surface area contributed by atoms with E-state index in [1.54, 1.807) is 25.1 Å². The van der Waals surface area contributed by atoms with Crippen LogP contribution in [0.5, 0.6) is 0 Å². The van der Waals surface area contributed by atoms with Crippen LogP contribution in [0.1, 0.15) is 28.5 Å². The minimum Gasteiger partial charge on any atom is -0.462 e. The Hall–Kier alpha value is -3.12. The van der Waals surface area contributed by atoms with E-state index in [0.29, 0.717) is 41.2 Å². The molecule has 0 saturated heterocycles. The summed E-state index contributed by atoms with van der Waals surface area (Å²) in [6.45, 7) is 4.50. The van der Waals surface area contributed by atoms with Gasteiger partial charge in [0.2, 0.25) is 5.95 Å². The average Bonchev–Trinajstić information content (AvgIpc) is 2.67. The number of anilines is 3. The Morgan fingerprint density at radius 2 is 1.86 bits per heavy atom. The molecular formula is C21H21ClN4O2. The first-order chi connectivity index (χ1) is 13.6. The van der Waals surface area contributed by atoms with Crippen molar-refractivity contribution in [1.29, 1.82) is 0 Å². The lowest BCUT2D eigenvalue weighted by Crippen LogP contribution is -2.10. The molecule has 7 heteroatoms. The first kappa shape index (κ1) is 19.6. The molecule has 0 amide bonds. The number of ether oxygens (including phenoxy) is 1. The Kier molecular flexibility index (Phi) is 6.45. The Morgan fingerprint density at radius 3 is 2.64 bits per heavy atom. The van der Waals surface area contributed by atoms with Crippen LogP contribution in [-0.2, 0) is 11.3 Å². The highest BCUT2D eigenvalue weighted by molar-refractivity contribution is 6.31. The third kappa shape index (κ3) is 4.98. The quantitative estimate of drug-likeness (QED) is 0.549. The number of nitrogens with one attached hydrogen (secondary N) is 2. The fourth-order valence-corrected chi connectivity index (χ4v) is 2.84. The Labute approximate surface area is 168 Å². The van der Waals surface area contributed by atoms with Crippen LogP contribution in [0, 0.1) is 6.92 Å². The van der Waals surface area contributed by atoms with E-state index in [9.17, 15) is 4.79 Å². The van der Waals surface area contributed by atoms with Gasteiger partial charge in [0.15, 0.2) is 0 Å². The summed E-state index contributed by atoms with van der Waals surface area (Å²) >= 11 is 6.20. The number of hydrogen-bond donors (Lipinski definition) is 2. The molecule has 3 aromatic rings. The van der Waals surface area contributed by atoms with E-state index in [4.69, 9.17) is 16.3 Å². The maximum Gasteiger partial charge on any atom is 0.340 e. The van der Waals surface area contributed by atoms with Crippen molar-refractivity contribution in [2.75, 3.05) is 17.2 Å². The summed E-state index contributed by atoms with van der Waals surface area (Å²) in [7, 11) is 0. The molecule has 2 N–H and O–H groups in total. The summed E-state index contributed by atoms with van der Waals surface area (Å²) in [5.41, 5.74) is 2.78. The second-order valence-electron chi connectivity index (χ2n) is 6.05. The summed E-state index contributed by atoms with van der Waals surface area (Å²) in [6.07, 6.45) is 0. The fraction of sp³-hybridized carbons (Fsp3) is 0.190. The maximum absolute atomic E-state index is 12.2. The molecule has 0 unspecified atom stereocenters. The lowest BCUT2D eigenvalue weighted by Gasteiger charge is -2.12. The first-order valence-electron chi connectivity index (χ1n) is 8.93. The number of carbonyl (C=O) groups excluding carboxylic acids is 1. The number of aromatic nitrogens is 2. The largest absolute Gasteiger partial charge is 0.462 e. The van der Waals surface area contributed by atoms with Crippen molar-refractivity contribution >= 4 is 35.0 Å². The molecule has 28 heavy (non-hydrogen) atoms. The van der Waals surface area contributed by atoms with E-state index < -0.39 is 5.97 Å². The lowest BCUT2D eigenvalue weighted by molar-refractivity contribution is 0.0527. The van der Waals surface area contributed by atoms with Crippen LogP contribution in [0.25, 0.3) is 0 Å². The van der Waals surface area contributed by atoms with E-state index in [0.717, 1.165) is 11.3 Å². The maximum atomic E-state index is 12.2. The van der Waals surface area contributed by atoms with Crippen molar-refractivity contribution < 1.29 is 9.53 Å². The molecule has 0 aliphatic carbocycles. The van der Waals surface area contributed by atoms with Crippen LogP contribution in [0.2, 0.25) is 5.02 Å². The standard InChI is InChI=1S/C21H21ClN4O2/c1-3-28-20(27)16-9-5-7-11-18(16)25-21-24-14(2)12-19(26-21)23-13-15-8-4-6-10-17(15)22/h4-12H,3,13H2,1-2H3,(H2,23,24,25,26). The first-order valence-corrected chi connectivity index (χ1v) is 9.30. The van der Waals surface area contributed by atoms with Gasteiger partial charge in [-0.3, -0.25) is 0 Å². The number of halogens is 1. The van der Waals surface area contributed by atoms with Crippen LogP contribution >= 0.6 is 11.6 Å². The van der Waals surface area contributed by atoms with Crippen LogP contribution in [0.4, 0.5) is 17.5 Å². The molecular weight excluding hydrogens is 376 g/mol. The number of esters is 1. The number of aryl methyl sites for hydroxylation is 1. The van der Waals surface area contributed by atoms with Gasteiger partial charge in [0.1, 0.15) is 5.82 Å². The normalized spacial score (nSPS) is 10.4. The molecule has 0 saturated carbocycles. The number of hydrogen-bond acceptors (Lipinski definition) is 6. The molecule has 3 rings (SSSR count).